The minimum Gasteiger partial charge on any atom is -0.444 e. The van der Waals surface area contributed by atoms with Crippen LogP contribution in [0.1, 0.15) is 38.3 Å². The molecule has 0 fully saturated rings. The highest BCUT2D eigenvalue weighted by Crippen LogP contribution is 2.33. The summed E-state index contributed by atoms with van der Waals surface area (Å²) in [7, 11) is 0. The molecule has 5 nitrogen and oxygen atoms in total. The summed E-state index contributed by atoms with van der Waals surface area (Å²) < 4.78 is 19.4. The quantitative estimate of drug-likeness (QED) is 0.283. The Balaban J connectivity index is 1.75. The molecule has 1 heterocycles. The van der Waals surface area contributed by atoms with E-state index in [0.29, 0.717) is 34.1 Å². The fraction of sp³-hybridized carbons (Fsp3) is 0.312. The molecular formula is C32H33Cl2FN2O3. The van der Waals surface area contributed by atoms with Crippen LogP contribution in [0.4, 0.5) is 9.18 Å². The number of nitrogens with zero attached hydrogens (tertiary/aromatic N) is 2. The van der Waals surface area contributed by atoms with Crippen molar-refractivity contribution in [1.29, 1.82) is 0 Å². The molecule has 4 rings (SSSR count). The first kappa shape index (κ1) is 29.6. The van der Waals surface area contributed by atoms with Gasteiger partial charge in [0.05, 0.1) is 16.6 Å². The van der Waals surface area contributed by atoms with Gasteiger partial charge in [0.25, 0.3) is 5.91 Å². The van der Waals surface area contributed by atoms with Gasteiger partial charge in [-0.05, 0) is 67.2 Å². The molecule has 0 saturated heterocycles. The van der Waals surface area contributed by atoms with Gasteiger partial charge >= 0.3 is 6.09 Å². The molecule has 3 aromatic rings. The zero-order valence-corrected chi connectivity index (χ0v) is 24.4. The molecule has 210 valence electrons. The monoisotopic (exact) mass is 582 g/mol. The topological polar surface area (TPSA) is 49.9 Å². The predicted molar refractivity (Wildman–Crippen MR) is 159 cm³/mol. The Morgan fingerprint density at radius 3 is 2.33 bits per heavy atom. The fourth-order valence-corrected chi connectivity index (χ4v) is 5.08. The van der Waals surface area contributed by atoms with Crippen LogP contribution in [0, 0.1) is 0 Å². The van der Waals surface area contributed by atoms with Gasteiger partial charge in [0, 0.05) is 25.2 Å². The van der Waals surface area contributed by atoms with E-state index in [1.54, 1.807) is 39.0 Å². The Kier molecular flexibility index (Phi) is 9.54. The normalized spacial score (nSPS) is 13.8. The maximum Gasteiger partial charge on any atom is 0.410 e. The first-order valence-corrected chi connectivity index (χ1v) is 14.0. The summed E-state index contributed by atoms with van der Waals surface area (Å²) in [5.74, 6) is -0.359. The first-order chi connectivity index (χ1) is 19.1. The molecule has 1 aliphatic rings. The summed E-state index contributed by atoms with van der Waals surface area (Å²) in [4.78, 5) is 30.1. The van der Waals surface area contributed by atoms with Crippen molar-refractivity contribution < 1.29 is 18.7 Å². The van der Waals surface area contributed by atoms with Crippen molar-refractivity contribution in [2.45, 2.75) is 39.3 Å². The summed E-state index contributed by atoms with van der Waals surface area (Å²) in [6, 6.07) is 23.1. The molecule has 0 atom stereocenters. The van der Waals surface area contributed by atoms with E-state index in [4.69, 9.17) is 27.9 Å². The lowest BCUT2D eigenvalue weighted by molar-refractivity contribution is -0.128. The van der Waals surface area contributed by atoms with E-state index in [-0.39, 0.29) is 25.5 Å². The van der Waals surface area contributed by atoms with Crippen LogP contribution < -0.4 is 0 Å². The summed E-state index contributed by atoms with van der Waals surface area (Å²) in [6.07, 6.45) is -0.0512. The van der Waals surface area contributed by atoms with E-state index in [1.165, 1.54) is 9.80 Å². The minimum atomic E-state index is -0.730. The molecule has 0 N–H and O–H groups in total. The second kappa shape index (κ2) is 12.9. The van der Waals surface area contributed by atoms with Crippen LogP contribution in [0.3, 0.4) is 0 Å². The molecular weight excluding hydrogens is 550 g/mol. The molecule has 40 heavy (non-hydrogen) atoms. The van der Waals surface area contributed by atoms with Gasteiger partial charge in [0.15, 0.2) is 0 Å². The van der Waals surface area contributed by atoms with Crippen LogP contribution in [-0.4, -0.2) is 53.7 Å². The lowest BCUT2D eigenvalue weighted by atomic mass is 9.90. The van der Waals surface area contributed by atoms with Gasteiger partial charge in [-0.25, -0.2) is 9.18 Å². The van der Waals surface area contributed by atoms with Crippen molar-refractivity contribution in [2.75, 3.05) is 26.3 Å². The van der Waals surface area contributed by atoms with Gasteiger partial charge in [0.1, 0.15) is 12.3 Å². The van der Waals surface area contributed by atoms with Gasteiger partial charge in [-0.2, -0.15) is 0 Å². The van der Waals surface area contributed by atoms with Crippen LogP contribution in [0.25, 0.3) is 16.7 Å². The number of benzene rings is 3. The molecule has 0 aliphatic carbocycles. The van der Waals surface area contributed by atoms with Crippen LogP contribution >= 0.6 is 23.2 Å². The molecule has 0 spiro atoms. The summed E-state index contributed by atoms with van der Waals surface area (Å²) >= 11 is 12.6. The van der Waals surface area contributed by atoms with E-state index in [1.807, 2.05) is 48.5 Å². The van der Waals surface area contributed by atoms with Gasteiger partial charge in [-0.3, -0.25) is 4.79 Å². The van der Waals surface area contributed by atoms with Gasteiger partial charge in [-0.15, -0.1) is 0 Å². The standard InChI is InChI=1S/C32H33Cl2FN2O3/c1-32(2,3)40-31(39)37-17-15-26(24-12-7-11-23(19-24)22-9-5-4-6-10-22)27(21-37)30(38)36(18-16-35)20-25-13-8-14-28(33)29(25)34/h4-14,19H,15-18,20-21H2,1-3H3. The third-order valence-electron chi connectivity index (χ3n) is 6.61. The van der Waals surface area contributed by atoms with E-state index in [0.717, 1.165) is 22.3 Å². The molecule has 0 unspecified atom stereocenters. The van der Waals surface area contributed by atoms with Crippen molar-refractivity contribution in [1.82, 2.24) is 9.80 Å². The number of rotatable bonds is 7. The number of carbonyl (C=O) groups excluding carboxylic acids is 2. The summed E-state index contributed by atoms with van der Waals surface area (Å²) in [5, 5.41) is 0.683. The van der Waals surface area contributed by atoms with Crippen LogP contribution in [0.2, 0.25) is 10.0 Å². The highest BCUT2D eigenvalue weighted by molar-refractivity contribution is 6.42. The number of hydrogen-bond acceptors (Lipinski definition) is 3. The molecule has 3 aromatic carbocycles. The number of ether oxygens (including phenoxy) is 1. The molecule has 2 amide bonds. The highest BCUT2D eigenvalue weighted by atomic mass is 35.5. The molecule has 0 saturated carbocycles. The van der Waals surface area contributed by atoms with Crippen molar-refractivity contribution in [2.24, 2.45) is 0 Å². The van der Waals surface area contributed by atoms with Gasteiger partial charge < -0.3 is 14.5 Å². The van der Waals surface area contributed by atoms with Crippen LogP contribution in [0.5, 0.6) is 0 Å². The van der Waals surface area contributed by atoms with Crippen molar-refractivity contribution in [3.8, 4) is 11.1 Å². The minimum absolute atomic E-state index is 0.0463. The smallest absolute Gasteiger partial charge is 0.410 e. The predicted octanol–water partition coefficient (Wildman–Crippen LogP) is 8.05. The maximum absolute atomic E-state index is 14.1. The fourth-order valence-electron chi connectivity index (χ4n) is 4.70. The number of halogens is 3. The maximum atomic E-state index is 14.1. The highest BCUT2D eigenvalue weighted by Gasteiger charge is 2.32. The lowest BCUT2D eigenvalue weighted by Gasteiger charge is -2.34. The molecule has 8 heteroatoms. The average Bonchev–Trinajstić information content (AvgIpc) is 2.94. The number of amides is 2. The third kappa shape index (κ3) is 7.23. The molecule has 0 aromatic heterocycles. The van der Waals surface area contributed by atoms with E-state index in [2.05, 4.69) is 6.07 Å². The number of carbonyl (C=O) groups is 2. The summed E-state index contributed by atoms with van der Waals surface area (Å²) in [6.45, 7) is 5.06. The second-order valence-corrected chi connectivity index (χ2v) is 11.5. The van der Waals surface area contributed by atoms with Gasteiger partial charge in [0.2, 0.25) is 0 Å². The van der Waals surface area contributed by atoms with Crippen LogP contribution in [-0.2, 0) is 16.1 Å². The first-order valence-electron chi connectivity index (χ1n) is 13.2. The van der Waals surface area contributed by atoms with Gasteiger partial charge in [-0.1, -0.05) is 83.9 Å². The second-order valence-electron chi connectivity index (χ2n) is 10.7. The van der Waals surface area contributed by atoms with Crippen molar-refractivity contribution in [3.63, 3.8) is 0 Å². The number of hydrogen-bond donors (Lipinski definition) is 0. The third-order valence-corrected chi connectivity index (χ3v) is 7.47. The van der Waals surface area contributed by atoms with E-state index < -0.39 is 18.4 Å². The SMILES string of the molecule is CC(C)(C)OC(=O)N1CCC(c2cccc(-c3ccccc3)c2)=C(C(=O)N(CCF)Cc2cccc(Cl)c2Cl)C1. The molecule has 1 aliphatic heterocycles. The largest absolute Gasteiger partial charge is 0.444 e. The Labute approximate surface area is 245 Å². The lowest BCUT2D eigenvalue weighted by Crippen LogP contribution is -2.44. The zero-order chi connectivity index (χ0) is 28.9. The molecule has 0 radical (unpaired) electrons. The van der Waals surface area contributed by atoms with Crippen molar-refractivity contribution >= 4 is 40.8 Å². The number of alkyl halides is 1. The van der Waals surface area contributed by atoms with Crippen molar-refractivity contribution in [3.05, 3.63) is 99.5 Å². The van der Waals surface area contributed by atoms with E-state index in [9.17, 15) is 14.0 Å². The molecule has 0 bridgehead atoms. The summed E-state index contributed by atoms with van der Waals surface area (Å²) in [5.41, 5.74) is 4.13. The van der Waals surface area contributed by atoms with Crippen LogP contribution in [0.15, 0.2) is 78.4 Å². The Morgan fingerprint density at radius 1 is 0.950 bits per heavy atom. The Hall–Kier alpha value is -3.35. The average molecular weight is 584 g/mol. The Morgan fingerprint density at radius 2 is 1.62 bits per heavy atom. The van der Waals surface area contributed by atoms with E-state index >= 15 is 0 Å². The Bertz CT molecular complexity index is 1400. The zero-order valence-electron chi connectivity index (χ0n) is 22.9.